The number of alkyl halides is 3. The molecule has 1 aliphatic rings. The van der Waals surface area contributed by atoms with Crippen LogP contribution in [0.1, 0.15) is 31.2 Å². The number of hydrogen-bond acceptors (Lipinski definition) is 3. The van der Waals surface area contributed by atoms with Gasteiger partial charge in [-0.25, -0.2) is 0 Å². The molecule has 2 N–H and O–H groups in total. The van der Waals surface area contributed by atoms with Gasteiger partial charge in [0.1, 0.15) is 5.75 Å². The quantitative estimate of drug-likeness (QED) is 0.877. The van der Waals surface area contributed by atoms with E-state index in [2.05, 4.69) is 10.1 Å². The van der Waals surface area contributed by atoms with Crippen LogP contribution in [-0.2, 0) is 6.54 Å². The van der Waals surface area contributed by atoms with Gasteiger partial charge < -0.3 is 15.2 Å². The van der Waals surface area contributed by atoms with Gasteiger partial charge in [-0.2, -0.15) is 0 Å². The van der Waals surface area contributed by atoms with Crippen LogP contribution in [0.5, 0.6) is 5.75 Å². The van der Waals surface area contributed by atoms with Crippen LogP contribution in [0.15, 0.2) is 24.3 Å². The third-order valence-electron chi connectivity index (χ3n) is 3.79. The Kier molecular flexibility index (Phi) is 5.47. The summed E-state index contributed by atoms with van der Waals surface area (Å²) in [6.07, 6.45) is -1.10. The molecule has 0 bridgehead atoms. The van der Waals surface area contributed by atoms with E-state index < -0.39 is 6.36 Å². The lowest BCUT2D eigenvalue weighted by Gasteiger charge is -2.27. The van der Waals surface area contributed by atoms with Gasteiger partial charge in [0.2, 0.25) is 0 Å². The normalized spacial score (nSPS) is 23.0. The highest BCUT2D eigenvalue weighted by molar-refractivity contribution is 5.33. The number of aliphatic hydroxyl groups excluding tert-OH is 1. The van der Waals surface area contributed by atoms with Gasteiger partial charge in [0.05, 0.1) is 6.10 Å². The molecule has 6 heteroatoms. The van der Waals surface area contributed by atoms with Crippen molar-refractivity contribution in [2.45, 2.75) is 44.7 Å². The fourth-order valence-corrected chi connectivity index (χ4v) is 2.69. The Morgan fingerprint density at radius 3 is 2.62 bits per heavy atom. The maximum absolute atomic E-state index is 12.3. The van der Waals surface area contributed by atoms with Gasteiger partial charge in [0.25, 0.3) is 0 Å². The van der Waals surface area contributed by atoms with E-state index in [1.807, 2.05) is 0 Å². The van der Waals surface area contributed by atoms with Crippen molar-refractivity contribution in [3.63, 3.8) is 0 Å². The number of para-hydroxylation sites is 1. The second kappa shape index (κ2) is 7.13. The summed E-state index contributed by atoms with van der Waals surface area (Å²) < 4.78 is 40.9. The van der Waals surface area contributed by atoms with E-state index in [9.17, 15) is 18.3 Å². The van der Waals surface area contributed by atoms with Crippen LogP contribution in [0, 0.1) is 5.92 Å². The van der Waals surface area contributed by atoms with Crippen LogP contribution >= 0.6 is 0 Å². The Morgan fingerprint density at radius 2 is 1.90 bits per heavy atom. The predicted octanol–water partition coefficient (Wildman–Crippen LogP) is 3.23. The first-order valence-electron chi connectivity index (χ1n) is 7.18. The van der Waals surface area contributed by atoms with Gasteiger partial charge in [-0.1, -0.05) is 31.0 Å². The van der Waals surface area contributed by atoms with E-state index in [1.165, 1.54) is 12.1 Å². The minimum atomic E-state index is -4.68. The first-order valence-corrected chi connectivity index (χ1v) is 7.18. The lowest BCUT2D eigenvalue weighted by molar-refractivity contribution is -0.274. The molecule has 2 unspecified atom stereocenters. The highest BCUT2D eigenvalue weighted by Crippen LogP contribution is 2.27. The molecule has 118 valence electrons. The van der Waals surface area contributed by atoms with Gasteiger partial charge in [0.15, 0.2) is 0 Å². The van der Waals surface area contributed by atoms with E-state index in [-0.39, 0.29) is 24.3 Å². The number of halogens is 3. The number of hydrogen-bond donors (Lipinski definition) is 2. The zero-order valence-electron chi connectivity index (χ0n) is 11.7. The minimum Gasteiger partial charge on any atom is -0.405 e. The van der Waals surface area contributed by atoms with Crippen molar-refractivity contribution >= 4 is 0 Å². The van der Waals surface area contributed by atoms with E-state index >= 15 is 0 Å². The van der Waals surface area contributed by atoms with Crippen molar-refractivity contribution in [1.82, 2.24) is 5.32 Å². The number of ether oxygens (including phenoxy) is 1. The minimum absolute atomic E-state index is 0.175. The fourth-order valence-electron chi connectivity index (χ4n) is 2.69. The molecule has 0 radical (unpaired) electrons. The lowest BCUT2D eigenvalue weighted by Crippen LogP contribution is -2.33. The van der Waals surface area contributed by atoms with Crippen molar-refractivity contribution in [1.29, 1.82) is 0 Å². The molecule has 2 rings (SSSR count). The summed E-state index contributed by atoms with van der Waals surface area (Å²) in [5.41, 5.74) is 0.458. The van der Waals surface area contributed by atoms with E-state index in [1.54, 1.807) is 12.1 Å². The van der Waals surface area contributed by atoms with Crippen molar-refractivity contribution in [2.75, 3.05) is 6.54 Å². The molecule has 1 saturated carbocycles. The zero-order valence-corrected chi connectivity index (χ0v) is 11.7. The molecule has 1 aliphatic carbocycles. The Labute approximate surface area is 122 Å². The molecule has 0 spiro atoms. The fraction of sp³-hybridized carbons (Fsp3) is 0.600. The standard InChI is InChI=1S/C15H20F3NO2/c16-15(17,18)21-14-8-4-2-6-12(14)10-19-9-11-5-1-3-7-13(11)20/h2,4,6,8,11,13,19-20H,1,3,5,7,9-10H2. The predicted molar refractivity (Wildman–Crippen MR) is 72.8 cm³/mol. The number of benzene rings is 1. The van der Waals surface area contributed by atoms with Crippen LogP contribution in [0.2, 0.25) is 0 Å². The first-order chi connectivity index (χ1) is 9.96. The second-order valence-electron chi connectivity index (χ2n) is 5.40. The summed E-state index contributed by atoms with van der Waals surface area (Å²) in [4.78, 5) is 0. The van der Waals surface area contributed by atoms with Crippen LogP contribution in [-0.4, -0.2) is 24.1 Å². The van der Waals surface area contributed by atoms with Crippen LogP contribution in [0.3, 0.4) is 0 Å². The SMILES string of the molecule is OC1CCCCC1CNCc1ccccc1OC(F)(F)F. The van der Waals surface area contributed by atoms with Crippen molar-refractivity contribution in [3.05, 3.63) is 29.8 Å². The number of nitrogens with one attached hydrogen (secondary N) is 1. The summed E-state index contributed by atoms with van der Waals surface area (Å²) in [6, 6.07) is 6.09. The number of aliphatic hydroxyl groups is 1. The monoisotopic (exact) mass is 303 g/mol. The van der Waals surface area contributed by atoms with Crippen LogP contribution in [0.25, 0.3) is 0 Å². The molecule has 1 aromatic carbocycles. The van der Waals surface area contributed by atoms with Gasteiger partial charge >= 0.3 is 6.36 Å². The average Bonchev–Trinajstić information content (AvgIpc) is 2.41. The third-order valence-corrected chi connectivity index (χ3v) is 3.79. The van der Waals surface area contributed by atoms with Crippen molar-refractivity contribution in [3.8, 4) is 5.75 Å². The van der Waals surface area contributed by atoms with Crippen LogP contribution in [0.4, 0.5) is 13.2 Å². The summed E-state index contributed by atoms with van der Waals surface area (Å²) in [5.74, 6) is -0.00357. The summed E-state index contributed by atoms with van der Waals surface area (Å²) in [6.45, 7) is 0.886. The Bertz CT molecular complexity index is 451. The van der Waals surface area contributed by atoms with E-state index in [0.29, 0.717) is 12.1 Å². The van der Waals surface area contributed by atoms with Gasteiger partial charge in [-0.05, 0) is 24.8 Å². The lowest BCUT2D eigenvalue weighted by atomic mass is 9.86. The Balaban J connectivity index is 1.88. The van der Waals surface area contributed by atoms with Gasteiger partial charge in [-0.15, -0.1) is 13.2 Å². The molecular formula is C15H20F3NO2. The maximum atomic E-state index is 12.3. The van der Waals surface area contributed by atoms with Crippen molar-refractivity contribution in [2.24, 2.45) is 5.92 Å². The third kappa shape index (κ3) is 5.21. The van der Waals surface area contributed by atoms with Crippen LogP contribution < -0.4 is 10.1 Å². The molecule has 0 heterocycles. The molecule has 0 aliphatic heterocycles. The molecular weight excluding hydrogens is 283 g/mol. The molecule has 1 aromatic rings. The topological polar surface area (TPSA) is 41.5 Å². The van der Waals surface area contributed by atoms with E-state index in [0.717, 1.165) is 25.7 Å². The molecule has 2 atom stereocenters. The first kappa shape index (κ1) is 16.1. The summed E-state index contributed by atoms with van der Waals surface area (Å²) in [5, 5.41) is 13.0. The Hall–Kier alpha value is -1.27. The zero-order chi connectivity index (χ0) is 15.3. The molecule has 1 fully saturated rings. The van der Waals surface area contributed by atoms with Crippen molar-refractivity contribution < 1.29 is 23.0 Å². The highest BCUT2D eigenvalue weighted by atomic mass is 19.4. The molecule has 0 saturated heterocycles. The molecule has 3 nitrogen and oxygen atoms in total. The molecule has 0 aromatic heterocycles. The summed E-state index contributed by atoms with van der Waals surface area (Å²) >= 11 is 0. The Morgan fingerprint density at radius 1 is 1.19 bits per heavy atom. The smallest absolute Gasteiger partial charge is 0.405 e. The van der Waals surface area contributed by atoms with Gasteiger partial charge in [0, 0.05) is 18.7 Å². The summed E-state index contributed by atoms with van der Waals surface area (Å²) in [7, 11) is 0. The average molecular weight is 303 g/mol. The second-order valence-corrected chi connectivity index (χ2v) is 5.40. The number of rotatable bonds is 5. The molecule has 21 heavy (non-hydrogen) atoms. The van der Waals surface area contributed by atoms with Gasteiger partial charge in [-0.3, -0.25) is 0 Å². The van der Waals surface area contributed by atoms with E-state index in [4.69, 9.17) is 0 Å². The largest absolute Gasteiger partial charge is 0.573 e. The highest BCUT2D eigenvalue weighted by Gasteiger charge is 2.32. The molecule has 0 amide bonds. The maximum Gasteiger partial charge on any atom is 0.573 e.